The second-order valence-corrected chi connectivity index (χ2v) is 10.4. The monoisotopic (exact) mass is 444 g/mol. The molecule has 4 saturated carbocycles. The van der Waals surface area contributed by atoms with Gasteiger partial charge in [-0.25, -0.2) is 4.98 Å². The van der Waals surface area contributed by atoms with E-state index in [0.717, 1.165) is 28.5 Å². The SMILES string of the molecule is O=C(CCN1C(=O)c2ccccc2C1=O)Nc1ccc(NC23CC4CC(CC(C4)C2)C3)nc1. The molecule has 1 aliphatic heterocycles. The summed E-state index contributed by atoms with van der Waals surface area (Å²) in [5.74, 6) is 2.52. The molecule has 7 nitrogen and oxygen atoms in total. The van der Waals surface area contributed by atoms with Crippen molar-refractivity contribution in [2.24, 2.45) is 17.8 Å². The van der Waals surface area contributed by atoms with Crippen molar-refractivity contribution >= 4 is 29.2 Å². The molecule has 0 spiro atoms. The summed E-state index contributed by atoms with van der Waals surface area (Å²) in [5, 5.41) is 6.57. The summed E-state index contributed by atoms with van der Waals surface area (Å²) in [7, 11) is 0. The van der Waals surface area contributed by atoms with Gasteiger partial charge in [0.1, 0.15) is 5.82 Å². The molecule has 1 aromatic heterocycles. The van der Waals surface area contributed by atoms with Crippen molar-refractivity contribution in [2.45, 2.75) is 50.5 Å². The number of carbonyl (C=O) groups excluding carboxylic acids is 3. The fraction of sp³-hybridized carbons (Fsp3) is 0.462. The van der Waals surface area contributed by atoms with E-state index < -0.39 is 0 Å². The minimum Gasteiger partial charge on any atom is -0.365 e. The molecule has 0 radical (unpaired) electrons. The van der Waals surface area contributed by atoms with Gasteiger partial charge in [-0.3, -0.25) is 19.3 Å². The first-order valence-corrected chi connectivity index (χ1v) is 12.0. The van der Waals surface area contributed by atoms with Crippen LogP contribution in [0.1, 0.15) is 65.7 Å². The zero-order valence-corrected chi connectivity index (χ0v) is 18.5. The van der Waals surface area contributed by atoms with Crippen LogP contribution in [0.3, 0.4) is 0 Å². The van der Waals surface area contributed by atoms with E-state index in [9.17, 15) is 14.4 Å². The second-order valence-electron chi connectivity index (χ2n) is 10.4. The molecule has 0 saturated heterocycles. The fourth-order valence-corrected chi connectivity index (χ4v) is 6.96. The number of anilines is 2. The Hall–Kier alpha value is -3.22. The van der Waals surface area contributed by atoms with Crippen LogP contribution in [0.25, 0.3) is 0 Å². The number of fused-ring (bicyclic) bond motifs is 1. The quantitative estimate of drug-likeness (QED) is 0.655. The first-order chi connectivity index (χ1) is 16.0. The minimum atomic E-state index is -0.342. The van der Waals surface area contributed by atoms with E-state index in [-0.39, 0.29) is 36.2 Å². The van der Waals surface area contributed by atoms with Crippen molar-refractivity contribution in [3.63, 3.8) is 0 Å². The van der Waals surface area contributed by atoms with E-state index in [2.05, 4.69) is 15.6 Å². The highest BCUT2D eigenvalue weighted by molar-refractivity contribution is 6.21. The number of aromatic nitrogens is 1. The zero-order chi connectivity index (χ0) is 22.6. The lowest BCUT2D eigenvalue weighted by Crippen LogP contribution is -2.54. The van der Waals surface area contributed by atoms with Gasteiger partial charge in [0, 0.05) is 18.5 Å². The molecule has 3 amide bonds. The molecule has 7 heteroatoms. The number of pyridine rings is 1. The number of hydrogen-bond donors (Lipinski definition) is 2. The molecular weight excluding hydrogens is 416 g/mol. The Morgan fingerprint density at radius 1 is 0.939 bits per heavy atom. The summed E-state index contributed by atoms with van der Waals surface area (Å²) in [6.45, 7) is 0.0528. The predicted molar refractivity (Wildman–Crippen MR) is 124 cm³/mol. The van der Waals surface area contributed by atoms with E-state index in [1.54, 1.807) is 30.5 Å². The number of nitrogens with zero attached hydrogens (tertiary/aromatic N) is 2. The summed E-state index contributed by atoms with van der Waals surface area (Å²) in [6, 6.07) is 10.5. The molecule has 2 heterocycles. The fourth-order valence-electron chi connectivity index (χ4n) is 6.96. The van der Waals surface area contributed by atoms with Crippen LogP contribution in [0, 0.1) is 17.8 Å². The number of hydrogen-bond acceptors (Lipinski definition) is 5. The molecule has 4 fully saturated rings. The number of imide groups is 1. The summed E-state index contributed by atoms with van der Waals surface area (Å²) >= 11 is 0. The molecule has 2 aromatic rings. The van der Waals surface area contributed by atoms with Crippen molar-refractivity contribution < 1.29 is 14.4 Å². The van der Waals surface area contributed by atoms with E-state index in [0.29, 0.717) is 16.8 Å². The first-order valence-electron chi connectivity index (χ1n) is 12.0. The molecule has 1 aromatic carbocycles. The Morgan fingerprint density at radius 2 is 1.55 bits per heavy atom. The molecule has 33 heavy (non-hydrogen) atoms. The summed E-state index contributed by atoms with van der Waals surface area (Å²) < 4.78 is 0. The lowest BCUT2D eigenvalue weighted by atomic mass is 9.53. The van der Waals surface area contributed by atoms with Gasteiger partial charge in [-0.1, -0.05) is 12.1 Å². The molecule has 4 bridgehead atoms. The van der Waals surface area contributed by atoms with E-state index in [1.165, 1.54) is 38.5 Å². The molecule has 0 unspecified atom stereocenters. The topological polar surface area (TPSA) is 91.4 Å². The van der Waals surface area contributed by atoms with Crippen LogP contribution in [0.4, 0.5) is 11.5 Å². The van der Waals surface area contributed by atoms with E-state index in [1.807, 2.05) is 12.1 Å². The van der Waals surface area contributed by atoms with Gasteiger partial charge >= 0.3 is 0 Å². The maximum Gasteiger partial charge on any atom is 0.261 e. The minimum absolute atomic E-state index is 0.0404. The number of carbonyl (C=O) groups is 3. The van der Waals surface area contributed by atoms with E-state index in [4.69, 9.17) is 0 Å². The Balaban J connectivity index is 1.04. The second kappa shape index (κ2) is 7.68. The highest BCUT2D eigenvalue weighted by atomic mass is 16.2. The maximum absolute atomic E-state index is 12.4. The van der Waals surface area contributed by atoms with Crippen molar-refractivity contribution in [1.29, 1.82) is 0 Å². The Bertz CT molecular complexity index is 1060. The third kappa shape index (κ3) is 3.69. The highest BCUT2D eigenvalue weighted by Gasteiger charge is 2.51. The standard InChI is InChI=1S/C26H28N4O3/c31-23(7-8-30-24(32)20-3-1-2-4-21(20)25(30)33)28-19-5-6-22(27-15-19)29-26-12-16-9-17(13-26)11-18(10-16)14-26/h1-6,15-18H,7-14H2,(H,27,29)(H,28,31). The number of amides is 3. The van der Waals surface area contributed by atoms with Crippen molar-refractivity contribution in [1.82, 2.24) is 9.88 Å². The van der Waals surface area contributed by atoms with Crippen LogP contribution in [0.2, 0.25) is 0 Å². The highest BCUT2D eigenvalue weighted by Crippen LogP contribution is 2.56. The van der Waals surface area contributed by atoms with Gasteiger partial charge in [0.15, 0.2) is 0 Å². The van der Waals surface area contributed by atoms with Gasteiger partial charge in [0.2, 0.25) is 5.91 Å². The number of nitrogens with one attached hydrogen (secondary N) is 2. The third-order valence-electron chi connectivity index (χ3n) is 7.92. The van der Waals surface area contributed by atoms with Crippen LogP contribution in [-0.2, 0) is 4.79 Å². The van der Waals surface area contributed by atoms with Gasteiger partial charge in [0.05, 0.1) is 23.0 Å². The Labute approximate surface area is 193 Å². The molecular formula is C26H28N4O3. The van der Waals surface area contributed by atoms with Gasteiger partial charge in [-0.15, -0.1) is 0 Å². The maximum atomic E-state index is 12.4. The summed E-state index contributed by atoms with van der Waals surface area (Å²) in [5.41, 5.74) is 1.60. The molecule has 0 atom stereocenters. The van der Waals surface area contributed by atoms with Crippen molar-refractivity contribution in [2.75, 3.05) is 17.2 Å². The molecule has 7 rings (SSSR count). The molecule has 4 aliphatic carbocycles. The number of rotatable bonds is 6. The van der Waals surface area contributed by atoms with Crippen LogP contribution in [0.15, 0.2) is 42.6 Å². The van der Waals surface area contributed by atoms with Crippen molar-refractivity contribution in [3.8, 4) is 0 Å². The Morgan fingerprint density at radius 3 is 2.09 bits per heavy atom. The molecule has 170 valence electrons. The lowest BCUT2D eigenvalue weighted by Gasteiger charge is -2.57. The van der Waals surface area contributed by atoms with Crippen molar-refractivity contribution in [3.05, 3.63) is 53.7 Å². The van der Waals surface area contributed by atoms with Crippen LogP contribution in [-0.4, -0.2) is 39.7 Å². The molecule has 5 aliphatic rings. The van der Waals surface area contributed by atoms with Gasteiger partial charge in [0.25, 0.3) is 11.8 Å². The zero-order valence-electron chi connectivity index (χ0n) is 18.5. The largest absolute Gasteiger partial charge is 0.365 e. The summed E-state index contributed by atoms with van der Waals surface area (Å²) in [6.07, 6.45) is 9.66. The lowest BCUT2D eigenvalue weighted by molar-refractivity contribution is -0.116. The summed E-state index contributed by atoms with van der Waals surface area (Å²) in [4.78, 5) is 43.0. The normalized spacial score (nSPS) is 29.3. The van der Waals surface area contributed by atoms with Gasteiger partial charge in [-0.05, 0) is 80.5 Å². The van der Waals surface area contributed by atoms with Gasteiger partial charge in [-0.2, -0.15) is 0 Å². The van der Waals surface area contributed by atoms with Crippen LogP contribution in [0.5, 0.6) is 0 Å². The van der Waals surface area contributed by atoms with Crippen LogP contribution >= 0.6 is 0 Å². The van der Waals surface area contributed by atoms with Gasteiger partial charge < -0.3 is 10.6 Å². The van der Waals surface area contributed by atoms with E-state index >= 15 is 0 Å². The molecule has 2 N–H and O–H groups in total. The average Bonchev–Trinajstić information content (AvgIpc) is 3.02. The number of benzene rings is 1. The first kappa shape index (κ1) is 20.4. The average molecular weight is 445 g/mol. The van der Waals surface area contributed by atoms with Crippen LogP contribution < -0.4 is 10.6 Å². The Kier molecular flexibility index (Phi) is 4.75. The smallest absolute Gasteiger partial charge is 0.261 e. The third-order valence-corrected chi connectivity index (χ3v) is 7.92. The predicted octanol–water partition coefficient (Wildman–Crippen LogP) is 4.09.